The van der Waals surface area contributed by atoms with Crippen molar-refractivity contribution in [2.24, 2.45) is 0 Å². The van der Waals surface area contributed by atoms with Crippen LogP contribution in [-0.2, 0) is 14.3 Å². The summed E-state index contributed by atoms with van der Waals surface area (Å²) in [5.41, 5.74) is 0.726. The highest BCUT2D eigenvalue weighted by Crippen LogP contribution is 2.31. The van der Waals surface area contributed by atoms with Gasteiger partial charge in [-0.3, -0.25) is 4.79 Å². The summed E-state index contributed by atoms with van der Waals surface area (Å²) in [6.07, 6.45) is 7.99. The Hall–Kier alpha value is -1.78. The summed E-state index contributed by atoms with van der Waals surface area (Å²) in [4.78, 5) is 24.3. The molecule has 0 aromatic rings. The number of carbonyl (C=O) groups excluding carboxylic acids is 1. The molecule has 0 aliphatic carbocycles. The van der Waals surface area contributed by atoms with Crippen molar-refractivity contribution in [1.82, 2.24) is 4.90 Å². The van der Waals surface area contributed by atoms with Crippen LogP contribution in [0.5, 0.6) is 0 Å². The zero-order valence-corrected chi connectivity index (χ0v) is 11.8. The minimum Gasteiger partial charge on any atom is -0.478 e. The molecule has 20 heavy (non-hydrogen) atoms. The van der Waals surface area contributed by atoms with Crippen molar-refractivity contribution in [3.05, 3.63) is 23.5 Å². The van der Waals surface area contributed by atoms with Crippen molar-refractivity contribution in [1.29, 1.82) is 0 Å². The average Bonchev–Trinajstić information content (AvgIpc) is 2.87. The summed E-state index contributed by atoms with van der Waals surface area (Å²) >= 11 is 0. The van der Waals surface area contributed by atoms with Crippen molar-refractivity contribution in [3.8, 4) is 0 Å². The smallest absolute Gasteiger partial charge is 0.327 e. The molecule has 2 aliphatic rings. The van der Waals surface area contributed by atoms with Gasteiger partial charge in [-0.2, -0.15) is 0 Å². The van der Waals surface area contributed by atoms with Gasteiger partial charge in [-0.15, -0.1) is 0 Å². The van der Waals surface area contributed by atoms with E-state index in [1.165, 1.54) is 6.08 Å². The van der Waals surface area contributed by atoms with Crippen molar-refractivity contribution in [3.63, 3.8) is 0 Å². The van der Waals surface area contributed by atoms with Crippen molar-refractivity contribution in [2.75, 3.05) is 6.54 Å². The van der Waals surface area contributed by atoms with Gasteiger partial charge in [0.05, 0.1) is 5.57 Å². The first-order chi connectivity index (χ1) is 9.59. The molecule has 1 atom stereocenters. The number of carboxylic acid groups (broad SMARTS) is 1. The molecule has 5 heteroatoms. The maximum absolute atomic E-state index is 12.1. The van der Waals surface area contributed by atoms with Gasteiger partial charge >= 0.3 is 5.97 Å². The summed E-state index contributed by atoms with van der Waals surface area (Å²) in [5, 5.41) is 8.47. The van der Waals surface area contributed by atoms with E-state index in [-0.39, 0.29) is 12.1 Å². The van der Waals surface area contributed by atoms with Gasteiger partial charge < -0.3 is 14.7 Å². The molecule has 2 aliphatic heterocycles. The number of nitrogens with zero attached hydrogens (tertiary/aromatic N) is 1. The van der Waals surface area contributed by atoms with Gasteiger partial charge in [0.2, 0.25) is 0 Å². The number of hydrogen-bond acceptors (Lipinski definition) is 3. The molecule has 0 aromatic carbocycles. The third-order valence-electron chi connectivity index (χ3n) is 3.76. The third-order valence-corrected chi connectivity index (χ3v) is 3.76. The number of fused-ring (bicyclic) bond motifs is 1. The van der Waals surface area contributed by atoms with E-state index in [0.29, 0.717) is 0 Å². The topological polar surface area (TPSA) is 66.8 Å². The number of unbranched alkanes of at least 4 members (excludes halogenated alkanes) is 2. The van der Waals surface area contributed by atoms with Crippen LogP contribution in [0.25, 0.3) is 0 Å². The molecule has 1 fully saturated rings. The van der Waals surface area contributed by atoms with Crippen LogP contribution in [0.3, 0.4) is 0 Å². The third kappa shape index (κ3) is 3.40. The minimum atomic E-state index is -0.911. The number of amides is 1. The summed E-state index contributed by atoms with van der Waals surface area (Å²) < 4.78 is 5.91. The van der Waals surface area contributed by atoms with Crippen LogP contribution < -0.4 is 0 Å². The molecule has 0 spiro atoms. The summed E-state index contributed by atoms with van der Waals surface area (Å²) in [6.45, 7) is 2.63. The van der Waals surface area contributed by atoms with E-state index in [1.807, 2.05) is 11.8 Å². The number of ether oxygens (including phenoxy) is 1. The zero-order valence-electron chi connectivity index (χ0n) is 11.8. The summed E-state index contributed by atoms with van der Waals surface area (Å²) in [7, 11) is 0. The van der Waals surface area contributed by atoms with E-state index in [9.17, 15) is 9.59 Å². The Morgan fingerprint density at radius 2 is 2.30 bits per heavy atom. The van der Waals surface area contributed by atoms with Crippen LogP contribution in [0, 0.1) is 0 Å². The standard InChI is InChI=1S/C15H21NO4/c1-11-12(7-4-2-3-5-9-14(17)18)20-13-8-6-10-16(13)15(11)19/h5,9,13H,2-4,6-8,10H2,1H3,(H,17,18). The van der Waals surface area contributed by atoms with Crippen LogP contribution in [0.4, 0.5) is 0 Å². The van der Waals surface area contributed by atoms with Crippen LogP contribution in [0.2, 0.25) is 0 Å². The van der Waals surface area contributed by atoms with Crippen molar-refractivity contribution >= 4 is 11.9 Å². The number of aliphatic carboxylic acids is 1. The Balaban J connectivity index is 1.80. The fourth-order valence-electron chi connectivity index (χ4n) is 2.66. The van der Waals surface area contributed by atoms with Crippen LogP contribution in [0.1, 0.15) is 45.4 Å². The molecule has 1 saturated heterocycles. The molecule has 0 radical (unpaired) electrons. The number of rotatable bonds is 6. The SMILES string of the molecule is CC1=C(CCCCC=CC(=O)O)OC2CCCN2C1=O. The lowest BCUT2D eigenvalue weighted by Gasteiger charge is -2.32. The van der Waals surface area contributed by atoms with Gasteiger partial charge in [0.25, 0.3) is 5.91 Å². The Labute approximate surface area is 118 Å². The number of carbonyl (C=O) groups is 2. The molecule has 1 amide bonds. The molecular weight excluding hydrogens is 258 g/mol. The predicted octanol–water partition coefficient (Wildman–Crippen LogP) is 2.44. The molecule has 110 valence electrons. The second kappa shape index (κ2) is 6.59. The molecule has 2 heterocycles. The number of hydrogen-bond donors (Lipinski definition) is 1. The van der Waals surface area contributed by atoms with Crippen LogP contribution in [0.15, 0.2) is 23.5 Å². The second-order valence-electron chi connectivity index (χ2n) is 5.25. The molecule has 1 N–H and O–H groups in total. The van der Waals surface area contributed by atoms with E-state index in [4.69, 9.17) is 9.84 Å². The summed E-state index contributed by atoms with van der Waals surface area (Å²) in [6, 6.07) is 0. The lowest BCUT2D eigenvalue weighted by atomic mass is 10.1. The molecule has 5 nitrogen and oxygen atoms in total. The molecule has 0 saturated carbocycles. The number of allylic oxidation sites excluding steroid dienone is 2. The van der Waals surface area contributed by atoms with Gasteiger partial charge in [-0.05, 0) is 32.6 Å². The normalized spacial score (nSPS) is 22.4. The van der Waals surface area contributed by atoms with E-state index in [1.54, 1.807) is 6.08 Å². The summed E-state index contributed by atoms with van der Waals surface area (Å²) in [5.74, 6) is 0.0194. The first kappa shape index (κ1) is 14.6. The lowest BCUT2D eigenvalue weighted by Crippen LogP contribution is -2.41. The van der Waals surface area contributed by atoms with Gasteiger partial charge in [0.15, 0.2) is 6.23 Å². The van der Waals surface area contributed by atoms with Gasteiger partial charge in [-0.1, -0.05) is 6.08 Å². The Morgan fingerprint density at radius 3 is 3.05 bits per heavy atom. The fraction of sp³-hybridized carbons (Fsp3) is 0.600. The van der Waals surface area contributed by atoms with Gasteiger partial charge in [0.1, 0.15) is 5.76 Å². The highest BCUT2D eigenvalue weighted by Gasteiger charge is 2.36. The highest BCUT2D eigenvalue weighted by molar-refractivity contribution is 5.94. The molecule has 1 unspecified atom stereocenters. The predicted molar refractivity (Wildman–Crippen MR) is 73.8 cm³/mol. The van der Waals surface area contributed by atoms with E-state index in [0.717, 1.165) is 56.4 Å². The van der Waals surface area contributed by atoms with Crippen molar-refractivity contribution < 1.29 is 19.4 Å². The minimum absolute atomic E-state index is 0.0619. The van der Waals surface area contributed by atoms with E-state index < -0.39 is 5.97 Å². The largest absolute Gasteiger partial charge is 0.478 e. The zero-order chi connectivity index (χ0) is 14.5. The first-order valence-electron chi connectivity index (χ1n) is 7.16. The van der Waals surface area contributed by atoms with Gasteiger partial charge in [-0.25, -0.2) is 4.79 Å². The lowest BCUT2D eigenvalue weighted by molar-refractivity contribution is -0.139. The quantitative estimate of drug-likeness (QED) is 0.599. The maximum Gasteiger partial charge on any atom is 0.327 e. The molecular formula is C15H21NO4. The highest BCUT2D eigenvalue weighted by atomic mass is 16.5. The van der Waals surface area contributed by atoms with E-state index in [2.05, 4.69) is 0 Å². The van der Waals surface area contributed by atoms with Gasteiger partial charge in [0, 0.05) is 25.5 Å². The Kier molecular flexibility index (Phi) is 4.82. The molecule has 0 aromatic heterocycles. The first-order valence-corrected chi connectivity index (χ1v) is 7.16. The maximum atomic E-state index is 12.1. The monoisotopic (exact) mass is 279 g/mol. The average molecular weight is 279 g/mol. The van der Waals surface area contributed by atoms with Crippen LogP contribution in [-0.4, -0.2) is 34.7 Å². The Bertz CT molecular complexity index is 453. The van der Waals surface area contributed by atoms with Crippen molar-refractivity contribution in [2.45, 2.75) is 51.7 Å². The number of carboxylic acids is 1. The fourth-order valence-corrected chi connectivity index (χ4v) is 2.66. The Morgan fingerprint density at radius 1 is 1.50 bits per heavy atom. The molecule has 0 bridgehead atoms. The van der Waals surface area contributed by atoms with Crippen LogP contribution >= 0.6 is 0 Å². The second-order valence-corrected chi connectivity index (χ2v) is 5.25. The molecule has 2 rings (SSSR count). The van der Waals surface area contributed by atoms with E-state index >= 15 is 0 Å².